The molecule has 4 rings (SSSR count). The van der Waals surface area contributed by atoms with Crippen LogP contribution < -0.4 is 18.9 Å². The van der Waals surface area contributed by atoms with Crippen molar-refractivity contribution in [1.82, 2.24) is 0 Å². The molecule has 92 valence electrons. The second-order valence-electron chi connectivity index (χ2n) is 3.56. The van der Waals surface area contributed by atoms with E-state index in [9.17, 15) is 0 Å². The standard InChI is InChI=1S/2C7H5O2.Zn/c2*1-2-4-7-6(3-1)8-5-9-7;/h2*1,3-4H,5H2;/q2*-1;+2. The molecule has 2 aliphatic heterocycles. The molecule has 2 aromatic carbocycles. The average Bonchev–Trinajstić information content (AvgIpc) is 3.08. The Hall–Kier alpha value is -1.74. The number of fused-ring (bicyclic) bond motifs is 2. The molecule has 0 unspecified atom stereocenters. The van der Waals surface area contributed by atoms with Gasteiger partial charge in [-0.25, -0.2) is 0 Å². The summed E-state index contributed by atoms with van der Waals surface area (Å²) in [5, 5.41) is 0. The summed E-state index contributed by atoms with van der Waals surface area (Å²) < 4.78 is 20.2. The van der Waals surface area contributed by atoms with Crippen LogP contribution in [-0.2, 0) is 19.5 Å². The summed E-state index contributed by atoms with van der Waals surface area (Å²) >= 11 is 0. The van der Waals surface area contributed by atoms with E-state index < -0.39 is 0 Å². The van der Waals surface area contributed by atoms with Gasteiger partial charge in [0, 0.05) is 0 Å². The first-order valence-corrected chi connectivity index (χ1v) is 5.45. The fraction of sp³-hybridized carbons (Fsp3) is 0.143. The smallest absolute Gasteiger partial charge is 0.516 e. The van der Waals surface area contributed by atoms with Crippen molar-refractivity contribution in [3.05, 3.63) is 48.5 Å². The van der Waals surface area contributed by atoms with Crippen LogP contribution in [0.5, 0.6) is 23.0 Å². The SMILES string of the molecule is [Zn+2].[c-]1ccc2c(c1)OCO2.[c-]1ccc2c(c1)OCO2. The Kier molecular flexibility index (Phi) is 4.64. The number of hydrogen-bond acceptors (Lipinski definition) is 4. The van der Waals surface area contributed by atoms with E-state index in [1.54, 1.807) is 24.3 Å². The summed E-state index contributed by atoms with van der Waals surface area (Å²) in [5.41, 5.74) is 0. The third-order valence-electron chi connectivity index (χ3n) is 2.43. The number of hydrogen-bond donors (Lipinski definition) is 0. The molecule has 0 saturated carbocycles. The zero-order valence-electron chi connectivity index (χ0n) is 10.2. The van der Waals surface area contributed by atoms with Gasteiger partial charge in [0.1, 0.15) is 0 Å². The zero-order chi connectivity index (χ0) is 12.2. The number of benzene rings is 2. The van der Waals surface area contributed by atoms with Gasteiger partial charge in [-0.15, -0.1) is 24.3 Å². The van der Waals surface area contributed by atoms with Crippen molar-refractivity contribution in [2.24, 2.45) is 0 Å². The predicted octanol–water partition coefficient (Wildman–Crippen LogP) is 2.43. The Balaban J connectivity index is 0.000000133. The van der Waals surface area contributed by atoms with Gasteiger partial charge in [-0.2, -0.15) is 24.3 Å². The van der Waals surface area contributed by atoms with E-state index in [-0.39, 0.29) is 19.5 Å². The van der Waals surface area contributed by atoms with Gasteiger partial charge in [0.05, 0.1) is 23.0 Å². The first kappa shape index (κ1) is 13.7. The Morgan fingerprint density at radius 2 is 1.11 bits per heavy atom. The molecule has 19 heavy (non-hydrogen) atoms. The first-order valence-electron chi connectivity index (χ1n) is 5.45. The van der Waals surface area contributed by atoms with E-state index in [0.717, 1.165) is 23.0 Å². The monoisotopic (exact) mass is 306 g/mol. The Bertz CT molecular complexity index is 449. The van der Waals surface area contributed by atoms with Crippen LogP contribution in [-0.4, -0.2) is 13.6 Å². The topological polar surface area (TPSA) is 36.9 Å². The van der Waals surface area contributed by atoms with Crippen molar-refractivity contribution >= 4 is 0 Å². The molecule has 0 aliphatic carbocycles. The summed E-state index contributed by atoms with van der Waals surface area (Å²) in [7, 11) is 0. The van der Waals surface area contributed by atoms with Crippen LogP contribution in [0.15, 0.2) is 36.4 Å². The van der Waals surface area contributed by atoms with Gasteiger partial charge in [0.2, 0.25) is 13.6 Å². The van der Waals surface area contributed by atoms with Crippen LogP contribution in [0.2, 0.25) is 0 Å². The molecule has 0 fully saturated rings. The van der Waals surface area contributed by atoms with E-state index in [1.165, 1.54) is 0 Å². The Morgan fingerprint density at radius 3 is 1.53 bits per heavy atom. The molecular weight excluding hydrogens is 298 g/mol. The summed E-state index contributed by atoms with van der Waals surface area (Å²) in [6.07, 6.45) is 0. The Labute approximate surface area is 124 Å². The summed E-state index contributed by atoms with van der Waals surface area (Å²) in [5.74, 6) is 3.21. The van der Waals surface area contributed by atoms with Gasteiger partial charge in [-0.3, -0.25) is 0 Å². The van der Waals surface area contributed by atoms with E-state index >= 15 is 0 Å². The van der Waals surface area contributed by atoms with Gasteiger partial charge in [-0.1, -0.05) is 0 Å². The molecule has 4 nitrogen and oxygen atoms in total. The summed E-state index contributed by atoms with van der Waals surface area (Å²) in [6, 6.07) is 16.6. The molecule has 0 spiro atoms. The molecule has 0 radical (unpaired) electrons. The second-order valence-corrected chi connectivity index (χ2v) is 3.56. The predicted molar refractivity (Wildman–Crippen MR) is 62.8 cm³/mol. The molecule has 0 saturated heterocycles. The van der Waals surface area contributed by atoms with Crippen molar-refractivity contribution in [2.75, 3.05) is 13.6 Å². The van der Waals surface area contributed by atoms with Crippen LogP contribution >= 0.6 is 0 Å². The second kappa shape index (κ2) is 6.44. The summed E-state index contributed by atoms with van der Waals surface area (Å²) in [4.78, 5) is 0. The maximum absolute atomic E-state index is 5.06. The minimum absolute atomic E-state index is 0. The normalized spacial score (nSPS) is 13.1. The maximum atomic E-state index is 5.06. The minimum atomic E-state index is 0. The van der Waals surface area contributed by atoms with Crippen LogP contribution in [0.1, 0.15) is 0 Å². The van der Waals surface area contributed by atoms with Crippen molar-refractivity contribution < 1.29 is 38.4 Å². The average molecular weight is 308 g/mol. The molecule has 0 amide bonds. The van der Waals surface area contributed by atoms with E-state index in [4.69, 9.17) is 18.9 Å². The number of ether oxygens (including phenoxy) is 4. The van der Waals surface area contributed by atoms with Gasteiger partial charge < -0.3 is 18.9 Å². The molecule has 2 heterocycles. The molecule has 5 heteroatoms. The van der Waals surface area contributed by atoms with Crippen molar-refractivity contribution in [1.29, 1.82) is 0 Å². The first-order chi connectivity index (χ1) is 8.93. The third-order valence-corrected chi connectivity index (χ3v) is 2.43. The zero-order valence-corrected chi connectivity index (χ0v) is 13.2. The molecule has 0 aromatic heterocycles. The quantitative estimate of drug-likeness (QED) is 0.553. The summed E-state index contributed by atoms with van der Waals surface area (Å²) in [6.45, 7) is 0.681. The van der Waals surface area contributed by atoms with Crippen molar-refractivity contribution in [3.63, 3.8) is 0 Å². The molecule has 0 atom stereocenters. The minimum Gasteiger partial charge on any atom is -0.516 e. The molecular formula is C14H10O4Zn. The van der Waals surface area contributed by atoms with Gasteiger partial charge in [0.15, 0.2) is 0 Å². The fourth-order valence-electron chi connectivity index (χ4n) is 1.58. The third kappa shape index (κ3) is 3.18. The van der Waals surface area contributed by atoms with Crippen molar-refractivity contribution in [3.8, 4) is 23.0 Å². The molecule has 2 aromatic rings. The Morgan fingerprint density at radius 1 is 0.684 bits per heavy atom. The van der Waals surface area contributed by atoms with Gasteiger partial charge in [-0.05, 0) is 0 Å². The van der Waals surface area contributed by atoms with Gasteiger partial charge >= 0.3 is 19.5 Å². The number of rotatable bonds is 0. The molecule has 0 N–H and O–H groups in total. The maximum Gasteiger partial charge on any atom is 2.00 e. The van der Waals surface area contributed by atoms with E-state index in [0.29, 0.717) is 13.6 Å². The fourth-order valence-corrected chi connectivity index (χ4v) is 1.58. The van der Waals surface area contributed by atoms with Crippen LogP contribution in [0.4, 0.5) is 0 Å². The van der Waals surface area contributed by atoms with Crippen LogP contribution in [0.3, 0.4) is 0 Å². The molecule has 2 aliphatic rings. The van der Waals surface area contributed by atoms with E-state index in [2.05, 4.69) is 12.1 Å². The van der Waals surface area contributed by atoms with E-state index in [1.807, 2.05) is 12.1 Å². The van der Waals surface area contributed by atoms with Gasteiger partial charge in [0.25, 0.3) is 0 Å². The van der Waals surface area contributed by atoms with Crippen LogP contribution in [0, 0.1) is 12.1 Å². The largest absolute Gasteiger partial charge is 2.00 e. The molecule has 0 bridgehead atoms. The van der Waals surface area contributed by atoms with Crippen molar-refractivity contribution in [2.45, 2.75) is 0 Å². The van der Waals surface area contributed by atoms with Crippen LogP contribution in [0.25, 0.3) is 0 Å².